The normalized spacial score (nSPS) is 24.2. The summed E-state index contributed by atoms with van der Waals surface area (Å²) in [6.45, 7) is 0.911. The molecule has 0 radical (unpaired) electrons. The van der Waals surface area contributed by atoms with Gasteiger partial charge < -0.3 is 20.1 Å². The molecule has 3 N–H and O–H groups in total. The Hall–Kier alpha value is -2.59. The van der Waals surface area contributed by atoms with Gasteiger partial charge in [0.15, 0.2) is 0 Å². The lowest BCUT2D eigenvalue weighted by molar-refractivity contribution is -0.209. The van der Waals surface area contributed by atoms with Gasteiger partial charge in [-0.15, -0.1) is 16.4 Å². The van der Waals surface area contributed by atoms with E-state index in [0.717, 1.165) is 22.9 Å². The first kappa shape index (κ1) is 27.0. The van der Waals surface area contributed by atoms with Gasteiger partial charge in [0.1, 0.15) is 46.3 Å². The Kier molecular flexibility index (Phi) is 7.24. The number of aromatic nitrogens is 6. The summed E-state index contributed by atoms with van der Waals surface area (Å²) in [6.07, 6.45) is -8.85. The van der Waals surface area contributed by atoms with Crippen LogP contribution in [0.5, 0.6) is 0 Å². The summed E-state index contributed by atoms with van der Waals surface area (Å²) in [7, 11) is 0. The molecular formula is C22H19Cl2F3N6O4S. The van der Waals surface area contributed by atoms with Crippen LogP contribution in [-0.4, -0.2) is 70.0 Å². The van der Waals surface area contributed by atoms with E-state index in [9.17, 15) is 28.5 Å². The minimum atomic E-state index is -4.73. The van der Waals surface area contributed by atoms with Crippen LogP contribution in [0.3, 0.4) is 0 Å². The molecule has 202 valence electrons. The maximum Gasteiger partial charge on any atom is 0.418 e. The Morgan fingerprint density at radius 3 is 2.58 bits per heavy atom. The van der Waals surface area contributed by atoms with E-state index in [1.54, 1.807) is 12.3 Å². The Labute approximate surface area is 226 Å². The van der Waals surface area contributed by atoms with E-state index in [2.05, 4.69) is 20.4 Å². The summed E-state index contributed by atoms with van der Waals surface area (Å²) in [5.74, 6) is 0. The van der Waals surface area contributed by atoms with Crippen molar-refractivity contribution in [2.24, 2.45) is 0 Å². The minimum Gasteiger partial charge on any atom is -0.394 e. The van der Waals surface area contributed by atoms with E-state index in [4.69, 9.17) is 27.9 Å². The molecule has 1 saturated heterocycles. The van der Waals surface area contributed by atoms with Crippen LogP contribution >= 0.6 is 34.5 Å². The van der Waals surface area contributed by atoms with Crippen LogP contribution in [0.1, 0.15) is 29.1 Å². The average Bonchev–Trinajstić information content (AvgIpc) is 3.58. The van der Waals surface area contributed by atoms with E-state index in [1.807, 2.05) is 0 Å². The molecule has 3 aromatic heterocycles. The lowest BCUT2D eigenvalue weighted by Gasteiger charge is -2.42. The number of aliphatic hydroxyl groups excluding tert-OH is 3. The second-order valence-electron chi connectivity index (χ2n) is 8.59. The Balaban J connectivity index is 1.58. The van der Waals surface area contributed by atoms with Crippen LogP contribution in [0.2, 0.25) is 10.2 Å². The number of aliphatic hydroxyl groups is 3. The maximum atomic E-state index is 13.9. The molecule has 0 bridgehead atoms. The highest BCUT2D eigenvalue weighted by molar-refractivity contribution is 7.13. The molecule has 1 aliphatic heterocycles. The predicted molar refractivity (Wildman–Crippen MR) is 130 cm³/mol. The molecule has 16 heteroatoms. The number of rotatable bonds is 5. The summed E-state index contributed by atoms with van der Waals surface area (Å²) >= 11 is 13.1. The highest BCUT2D eigenvalue weighted by Gasteiger charge is 2.48. The van der Waals surface area contributed by atoms with Crippen molar-refractivity contribution in [1.29, 1.82) is 0 Å². The van der Waals surface area contributed by atoms with Crippen molar-refractivity contribution in [3.63, 3.8) is 0 Å². The van der Waals surface area contributed by atoms with Crippen LogP contribution in [0.4, 0.5) is 13.2 Å². The van der Waals surface area contributed by atoms with E-state index >= 15 is 0 Å². The van der Waals surface area contributed by atoms with Crippen molar-refractivity contribution in [3.05, 3.63) is 63.0 Å². The van der Waals surface area contributed by atoms with E-state index in [-0.39, 0.29) is 21.6 Å². The largest absolute Gasteiger partial charge is 0.418 e. The van der Waals surface area contributed by atoms with Gasteiger partial charge in [-0.1, -0.05) is 28.4 Å². The third-order valence-corrected chi connectivity index (χ3v) is 7.47. The molecule has 0 amide bonds. The molecule has 5 atom stereocenters. The zero-order valence-corrected chi connectivity index (χ0v) is 21.6. The molecule has 0 unspecified atom stereocenters. The highest BCUT2D eigenvalue weighted by atomic mass is 35.5. The number of aryl methyl sites for hydroxylation is 1. The number of thiazole rings is 1. The Bertz CT molecular complexity index is 1460. The summed E-state index contributed by atoms with van der Waals surface area (Å²) < 4.78 is 49.6. The van der Waals surface area contributed by atoms with Gasteiger partial charge in [0, 0.05) is 10.4 Å². The van der Waals surface area contributed by atoms with Gasteiger partial charge in [0.2, 0.25) is 0 Å². The highest BCUT2D eigenvalue weighted by Crippen LogP contribution is 2.41. The van der Waals surface area contributed by atoms with Crippen molar-refractivity contribution in [1.82, 2.24) is 29.8 Å². The minimum absolute atomic E-state index is 0.0381. The second kappa shape index (κ2) is 10.2. The van der Waals surface area contributed by atoms with Crippen LogP contribution in [0.15, 0.2) is 35.8 Å². The summed E-state index contributed by atoms with van der Waals surface area (Å²) in [5, 5.41) is 46.8. The molecule has 1 aromatic carbocycles. The van der Waals surface area contributed by atoms with E-state index < -0.39 is 48.8 Å². The lowest BCUT2D eigenvalue weighted by Crippen LogP contribution is -2.53. The van der Waals surface area contributed by atoms with Crippen molar-refractivity contribution in [3.8, 4) is 16.4 Å². The fraction of sp³-hybridized carbons (Fsp3) is 0.364. The average molecular weight is 591 g/mol. The van der Waals surface area contributed by atoms with Crippen LogP contribution in [-0.2, 0) is 10.9 Å². The number of alkyl halides is 3. The molecule has 1 fully saturated rings. The number of benzene rings is 1. The van der Waals surface area contributed by atoms with Gasteiger partial charge in [0.05, 0.1) is 35.4 Å². The predicted octanol–water partition coefficient (Wildman–Crippen LogP) is 3.62. The van der Waals surface area contributed by atoms with Crippen LogP contribution in [0, 0.1) is 6.92 Å². The van der Waals surface area contributed by atoms with Gasteiger partial charge in [-0.25, -0.2) is 14.3 Å². The smallest absolute Gasteiger partial charge is 0.394 e. The first-order valence-electron chi connectivity index (χ1n) is 11.1. The third kappa shape index (κ3) is 4.93. The summed E-state index contributed by atoms with van der Waals surface area (Å²) in [5.41, 5.74) is -0.689. The first-order valence-corrected chi connectivity index (χ1v) is 12.7. The van der Waals surface area contributed by atoms with Gasteiger partial charge in [-0.3, -0.25) is 0 Å². The Morgan fingerprint density at radius 2 is 1.92 bits per heavy atom. The first-order chi connectivity index (χ1) is 18.0. The monoisotopic (exact) mass is 590 g/mol. The van der Waals surface area contributed by atoms with E-state index in [1.165, 1.54) is 28.3 Å². The topological polar surface area (TPSA) is 131 Å². The van der Waals surface area contributed by atoms with Gasteiger partial charge in [-0.05, 0) is 31.2 Å². The summed E-state index contributed by atoms with van der Waals surface area (Å²) in [4.78, 5) is 4.12. The van der Waals surface area contributed by atoms with Gasteiger partial charge in [0.25, 0.3) is 0 Å². The molecule has 0 spiro atoms. The number of ether oxygens (including phenoxy) is 1. The van der Waals surface area contributed by atoms with Crippen molar-refractivity contribution in [2.75, 3.05) is 6.61 Å². The molecule has 1 aliphatic rings. The molecule has 38 heavy (non-hydrogen) atoms. The quantitative estimate of drug-likeness (QED) is 0.321. The third-order valence-electron chi connectivity index (χ3n) is 6.05. The summed E-state index contributed by atoms with van der Waals surface area (Å²) in [6, 6.07) is 3.30. The van der Waals surface area contributed by atoms with Crippen LogP contribution < -0.4 is 0 Å². The zero-order chi connectivity index (χ0) is 27.4. The van der Waals surface area contributed by atoms with Crippen molar-refractivity contribution >= 4 is 34.5 Å². The van der Waals surface area contributed by atoms with E-state index in [0.29, 0.717) is 16.4 Å². The maximum absolute atomic E-state index is 13.9. The lowest BCUT2D eigenvalue weighted by atomic mass is 9.91. The van der Waals surface area contributed by atoms with Crippen LogP contribution in [0.25, 0.3) is 16.4 Å². The van der Waals surface area contributed by atoms with Gasteiger partial charge in [-0.2, -0.15) is 18.3 Å². The number of nitrogens with zero attached hydrogens (tertiary/aromatic N) is 6. The Morgan fingerprint density at radius 1 is 1.16 bits per heavy atom. The molecule has 10 nitrogen and oxygen atoms in total. The molecule has 4 heterocycles. The fourth-order valence-electron chi connectivity index (χ4n) is 4.39. The second-order valence-corrected chi connectivity index (χ2v) is 10.3. The fourth-order valence-corrected chi connectivity index (χ4v) is 5.45. The molecular weight excluding hydrogens is 572 g/mol. The number of hydrogen-bond donors (Lipinski definition) is 3. The molecule has 0 aliphatic carbocycles. The molecule has 4 aromatic rings. The van der Waals surface area contributed by atoms with Crippen molar-refractivity contribution in [2.45, 2.75) is 43.6 Å². The van der Waals surface area contributed by atoms with Gasteiger partial charge >= 0.3 is 6.18 Å². The number of halogens is 5. The standard InChI is InChI=1S/C22H19Cl2F3N6O4S/c1-9-4-14(33(30-9)13-5-10(23)2-3-11(13)22(25,26)27)20-19(36)17(18(35)15(7-34)37-20)32-6-12(29-31-32)21-28-16(24)8-38-21/h2-6,8,15,17-20,34-36H,7H2,1H3/t15-,17+,18+,19-,20+/m1/s1. The zero-order valence-electron chi connectivity index (χ0n) is 19.3. The van der Waals surface area contributed by atoms with Crippen molar-refractivity contribution < 1.29 is 33.2 Å². The molecule has 5 rings (SSSR count). The molecule has 0 saturated carbocycles. The number of hydrogen-bond acceptors (Lipinski definition) is 9. The SMILES string of the molecule is Cc1cc([C@@H]2O[C@H](CO)[C@H](O)[C@H](n3cc(-c4nc(Cl)cs4)nn3)[C@H]2O)n(-c2cc(Cl)ccc2C(F)(F)F)n1.